The molecule has 1 aromatic heterocycles. The Kier molecular flexibility index (Phi) is 3.64. The number of aromatic nitrogens is 1. The Labute approximate surface area is 123 Å². The SMILES string of the molecule is COC(=O)C1CCN(c2nccc3cc(N)ccc23)CC1. The van der Waals surface area contributed by atoms with Gasteiger partial charge in [-0.15, -0.1) is 0 Å². The molecule has 1 fully saturated rings. The van der Waals surface area contributed by atoms with Gasteiger partial charge in [0.2, 0.25) is 0 Å². The Morgan fingerprint density at radius 2 is 2.10 bits per heavy atom. The molecule has 21 heavy (non-hydrogen) atoms. The number of nitrogens with zero attached hydrogens (tertiary/aromatic N) is 2. The average Bonchev–Trinajstić information content (AvgIpc) is 2.53. The maximum atomic E-state index is 11.6. The lowest BCUT2D eigenvalue weighted by Crippen LogP contribution is -2.37. The Hall–Kier alpha value is -2.30. The van der Waals surface area contributed by atoms with Crippen LogP contribution >= 0.6 is 0 Å². The smallest absolute Gasteiger partial charge is 0.308 e. The number of esters is 1. The Morgan fingerprint density at radius 3 is 2.81 bits per heavy atom. The third-order valence-corrected chi connectivity index (χ3v) is 4.10. The predicted molar refractivity (Wildman–Crippen MR) is 83.1 cm³/mol. The van der Waals surface area contributed by atoms with Gasteiger partial charge in [0.15, 0.2) is 0 Å². The molecule has 2 N–H and O–H groups in total. The molecule has 2 heterocycles. The molecule has 0 bridgehead atoms. The lowest BCUT2D eigenvalue weighted by molar-refractivity contribution is -0.146. The minimum absolute atomic E-state index is 0.0110. The number of pyridine rings is 1. The molecule has 1 aliphatic rings. The zero-order valence-electron chi connectivity index (χ0n) is 12.1. The summed E-state index contributed by atoms with van der Waals surface area (Å²) in [6, 6.07) is 7.84. The first-order valence-electron chi connectivity index (χ1n) is 7.16. The van der Waals surface area contributed by atoms with Gasteiger partial charge in [-0.05, 0) is 42.5 Å². The number of benzene rings is 1. The standard InChI is InChI=1S/C16H19N3O2/c1-21-16(20)11-5-8-19(9-6-11)15-14-3-2-13(17)10-12(14)4-7-18-15/h2-4,7,10-11H,5-6,8-9,17H2,1H3. The van der Waals surface area contributed by atoms with Crippen molar-refractivity contribution in [1.82, 2.24) is 4.98 Å². The summed E-state index contributed by atoms with van der Waals surface area (Å²) < 4.78 is 4.83. The van der Waals surface area contributed by atoms with Crippen LogP contribution in [0, 0.1) is 5.92 Å². The van der Waals surface area contributed by atoms with E-state index in [2.05, 4.69) is 9.88 Å². The van der Waals surface area contributed by atoms with Gasteiger partial charge in [0.05, 0.1) is 13.0 Å². The van der Waals surface area contributed by atoms with Gasteiger partial charge in [-0.3, -0.25) is 4.79 Å². The van der Waals surface area contributed by atoms with Crippen LogP contribution in [0.25, 0.3) is 10.8 Å². The van der Waals surface area contributed by atoms with E-state index in [1.807, 2.05) is 30.5 Å². The summed E-state index contributed by atoms with van der Waals surface area (Å²) in [4.78, 5) is 18.3. The van der Waals surface area contributed by atoms with Crippen LogP contribution in [0.1, 0.15) is 12.8 Å². The first-order chi connectivity index (χ1) is 10.2. The van der Waals surface area contributed by atoms with Crippen molar-refractivity contribution in [2.24, 2.45) is 5.92 Å². The molecule has 1 saturated heterocycles. The second kappa shape index (κ2) is 5.60. The molecule has 5 heteroatoms. The number of hydrogen-bond acceptors (Lipinski definition) is 5. The fourth-order valence-corrected chi connectivity index (χ4v) is 2.93. The van der Waals surface area contributed by atoms with E-state index < -0.39 is 0 Å². The van der Waals surface area contributed by atoms with Gasteiger partial charge in [-0.2, -0.15) is 0 Å². The largest absolute Gasteiger partial charge is 0.469 e. The number of carbonyl (C=O) groups is 1. The van der Waals surface area contributed by atoms with Gasteiger partial charge in [0.25, 0.3) is 0 Å². The number of nitrogens with two attached hydrogens (primary N) is 1. The maximum Gasteiger partial charge on any atom is 0.308 e. The van der Waals surface area contributed by atoms with E-state index >= 15 is 0 Å². The quantitative estimate of drug-likeness (QED) is 0.677. The summed E-state index contributed by atoms with van der Waals surface area (Å²) in [6.07, 6.45) is 3.42. The minimum Gasteiger partial charge on any atom is -0.469 e. The van der Waals surface area contributed by atoms with Crippen LogP contribution in [0.15, 0.2) is 30.5 Å². The number of carbonyl (C=O) groups excluding carboxylic acids is 1. The third-order valence-electron chi connectivity index (χ3n) is 4.10. The van der Waals surface area contributed by atoms with Crippen molar-refractivity contribution in [1.29, 1.82) is 0 Å². The normalized spacial score (nSPS) is 16.1. The zero-order valence-corrected chi connectivity index (χ0v) is 12.1. The molecule has 3 rings (SSSR count). The van der Waals surface area contributed by atoms with Crippen LogP contribution < -0.4 is 10.6 Å². The van der Waals surface area contributed by atoms with E-state index in [0.29, 0.717) is 0 Å². The molecule has 0 amide bonds. The third kappa shape index (κ3) is 2.63. The molecule has 5 nitrogen and oxygen atoms in total. The van der Waals surface area contributed by atoms with Crippen molar-refractivity contribution in [3.8, 4) is 0 Å². The number of fused-ring (bicyclic) bond motifs is 1. The van der Waals surface area contributed by atoms with Gasteiger partial charge >= 0.3 is 5.97 Å². The van der Waals surface area contributed by atoms with Crippen molar-refractivity contribution >= 4 is 28.2 Å². The fraction of sp³-hybridized carbons (Fsp3) is 0.375. The Balaban J connectivity index is 1.84. The molecule has 0 unspecified atom stereocenters. The van der Waals surface area contributed by atoms with E-state index in [9.17, 15) is 4.79 Å². The molecule has 0 saturated carbocycles. The molecule has 1 aliphatic heterocycles. The molecular formula is C16H19N3O2. The second-order valence-corrected chi connectivity index (χ2v) is 5.40. The lowest BCUT2D eigenvalue weighted by atomic mass is 9.96. The Bertz CT molecular complexity index is 664. The molecule has 0 spiro atoms. The number of nitrogen functional groups attached to an aromatic ring is 1. The minimum atomic E-state index is -0.103. The van der Waals surface area contributed by atoms with Crippen LogP contribution in [0.5, 0.6) is 0 Å². The number of methoxy groups -OCH3 is 1. The van der Waals surface area contributed by atoms with Crippen molar-refractivity contribution < 1.29 is 9.53 Å². The van der Waals surface area contributed by atoms with E-state index in [-0.39, 0.29) is 11.9 Å². The number of anilines is 2. The lowest BCUT2D eigenvalue weighted by Gasteiger charge is -2.32. The van der Waals surface area contributed by atoms with Crippen molar-refractivity contribution in [2.45, 2.75) is 12.8 Å². The molecule has 0 radical (unpaired) electrons. The van der Waals surface area contributed by atoms with Crippen LogP contribution in [0.3, 0.4) is 0 Å². The van der Waals surface area contributed by atoms with E-state index in [0.717, 1.165) is 48.2 Å². The van der Waals surface area contributed by atoms with Gasteiger partial charge in [-0.25, -0.2) is 4.98 Å². The average molecular weight is 285 g/mol. The predicted octanol–water partition coefficient (Wildman–Crippen LogP) is 2.21. The fourth-order valence-electron chi connectivity index (χ4n) is 2.93. The highest BCUT2D eigenvalue weighted by Gasteiger charge is 2.26. The molecule has 0 atom stereocenters. The molecule has 2 aromatic rings. The number of rotatable bonds is 2. The monoisotopic (exact) mass is 285 g/mol. The van der Waals surface area contributed by atoms with Crippen molar-refractivity contribution in [3.63, 3.8) is 0 Å². The summed E-state index contributed by atoms with van der Waals surface area (Å²) in [7, 11) is 1.45. The van der Waals surface area contributed by atoms with Crippen LogP contribution in [0.4, 0.5) is 11.5 Å². The van der Waals surface area contributed by atoms with Crippen LogP contribution in [0.2, 0.25) is 0 Å². The van der Waals surface area contributed by atoms with Gasteiger partial charge in [0.1, 0.15) is 5.82 Å². The van der Waals surface area contributed by atoms with Gasteiger partial charge < -0.3 is 15.4 Å². The molecular weight excluding hydrogens is 266 g/mol. The van der Waals surface area contributed by atoms with Gasteiger partial charge in [-0.1, -0.05) is 0 Å². The first-order valence-corrected chi connectivity index (χ1v) is 7.16. The van der Waals surface area contributed by atoms with E-state index in [1.165, 1.54) is 7.11 Å². The molecule has 1 aromatic carbocycles. The summed E-state index contributed by atoms with van der Waals surface area (Å²) in [5.41, 5.74) is 6.59. The first kappa shape index (κ1) is 13.7. The maximum absolute atomic E-state index is 11.6. The van der Waals surface area contributed by atoms with Crippen molar-refractivity contribution in [2.75, 3.05) is 30.8 Å². The zero-order chi connectivity index (χ0) is 14.8. The highest BCUT2D eigenvalue weighted by Crippen LogP contribution is 2.29. The Morgan fingerprint density at radius 1 is 1.33 bits per heavy atom. The summed E-state index contributed by atoms with van der Waals surface area (Å²) in [5, 5.41) is 2.19. The molecule has 110 valence electrons. The number of ether oxygens (including phenoxy) is 1. The number of hydrogen-bond donors (Lipinski definition) is 1. The summed E-state index contributed by atoms with van der Waals surface area (Å²) >= 11 is 0. The summed E-state index contributed by atoms with van der Waals surface area (Å²) in [5.74, 6) is 0.876. The van der Waals surface area contributed by atoms with Crippen LogP contribution in [-0.2, 0) is 9.53 Å². The van der Waals surface area contributed by atoms with E-state index in [4.69, 9.17) is 10.5 Å². The van der Waals surface area contributed by atoms with Crippen molar-refractivity contribution in [3.05, 3.63) is 30.5 Å². The topological polar surface area (TPSA) is 68.5 Å². The van der Waals surface area contributed by atoms with E-state index in [1.54, 1.807) is 0 Å². The molecule has 0 aliphatic carbocycles. The second-order valence-electron chi connectivity index (χ2n) is 5.40. The summed E-state index contributed by atoms with van der Waals surface area (Å²) in [6.45, 7) is 1.63. The van der Waals surface area contributed by atoms with Gasteiger partial charge in [0, 0.05) is 30.4 Å². The number of piperidine rings is 1. The highest BCUT2D eigenvalue weighted by molar-refractivity contribution is 5.94. The van der Waals surface area contributed by atoms with Crippen LogP contribution in [-0.4, -0.2) is 31.2 Å². The highest BCUT2D eigenvalue weighted by atomic mass is 16.5.